The predicted molar refractivity (Wildman–Crippen MR) is 60.6 cm³/mol. The van der Waals surface area contributed by atoms with Gasteiger partial charge >= 0.3 is 0 Å². The van der Waals surface area contributed by atoms with Crippen LogP contribution in [0.5, 0.6) is 0 Å². The minimum Gasteiger partial charge on any atom is -0.394 e. The molecular formula is C12H19NO2. The number of aliphatic hydroxyl groups is 2. The van der Waals surface area contributed by atoms with Gasteiger partial charge in [-0.15, -0.1) is 0 Å². The third kappa shape index (κ3) is 4.00. The van der Waals surface area contributed by atoms with Gasteiger partial charge in [0.15, 0.2) is 0 Å². The maximum Gasteiger partial charge on any atom is 0.0662 e. The number of hydrogen-bond acceptors (Lipinski definition) is 3. The Kier molecular flexibility index (Phi) is 5.32. The summed E-state index contributed by atoms with van der Waals surface area (Å²) < 4.78 is 0. The van der Waals surface area contributed by atoms with E-state index in [2.05, 4.69) is 5.32 Å². The first-order valence-corrected chi connectivity index (χ1v) is 5.35. The zero-order valence-corrected chi connectivity index (χ0v) is 9.06. The second-order valence-electron chi connectivity index (χ2n) is 3.62. The SMILES string of the molecule is CC[C@H](O)CN[C@H](CO)c1ccccc1. The van der Waals surface area contributed by atoms with Crippen molar-refractivity contribution >= 4 is 0 Å². The van der Waals surface area contributed by atoms with Crippen LogP contribution in [-0.4, -0.2) is 29.5 Å². The highest BCUT2D eigenvalue weighted by atomic mass is 16.3. The molecule has 0 aliphatic carbocycles. The summed E-state index contributed by atoms with van der Waals surface area (Å²) in [6.07, 6.45) is 0.377. The summed E-state index contributed by atoms with van der Waals surface area (Å²) in [6, 6.07) is 9.66. The average molecular weight is 209 g/mol. The number of rotatable bonds is 6. The largest absolute Gasteiger partial charge is 0.394 e. The lowest BCUT2D eigenvalue weighted by Crippen LogP contribution is -2.31. The Bertz CT molecular complexity index is 264. The average Bonchev–Trinajstić information content (AvgIpc) is 2.31. The number of aliphatic hydroxyl groups excluding tert-OH is 2. The summed E-state index contributed by atoms with van der Waals surface area (Å²) in [5.41, 5.74) is 1.04. The first kappa shape index (κ1) is 12.2. The van der Waals surface area contributed by atoms with E-state index in [4.69, 9.17) is 0 Å². The predicted octanol–water partition coefficient (Wildman–Crippen LogP) is 1.08. The molecule has 0 radical (unpaired) electrons. The summed E-state index contributed by atoms with van der Waals surface area (Å²) in [6.45, 7) is 2.49. The van der Waals surface area contributed by atoms with Crippen molar-refractivity contribution in [3.05, 3.63) is 35.9 Å². The monoisotopic (exact) mass is 209 g/mol. The lowest BCUT2D eigenvalue weighted by atomic mass is 10.1. The van der Waals surface area contributed by atoms with Gasteiger partial charge in [-0.3, -0.25) is 0 Å². The Balaban J connectivity index is 2.50. The van der Waals surface area contributed by atoms with Crippen LogP contribution in [0.15, 0.2) is 30.3 Å². The Labute approximate surface area is 90.8 Å². The molecule has 3 nitrogen and oxygen atoms in total. The molecule has 84 valence electrons. The van der Waals surface area contributed by atoms with Crippen molar-refractivity contribution in [3.63, 3.8) is 0 Å². The van der Waals surface area contributed by atoms with Crippen molar-refractivity contribution in [1.82, 2.24) is 5.32 Å². The number of nitrogens with one attached hydrogen (secondary N) is 1. The molecular weight excluding hydrogens is 190 g/mol. The molecule has 0 saturated carbocycles. The molecule has 2 atom stereocenters. The molecule has 0 heterocycles. The highest BCUT2D eigenvalue weighted by molar-refractivity contribution is 5.18. The van der Waals surface area contributed by atoms with Gasteiger partial charge in [-0.25, -0.2) is 0 Å². The molecule has 0 spiro atoms. The Morgan fingerprint density at radius 1 is 1.27 bits per heavy atom. The van der Waals surface area contributed by atoms with Crippen LogP contribution >= 0.6 is 0 Å². The van der Waals surface area contributed by atoms with Gasteiger partial charge in [-0.2, -0.15) is 0 Å². The standard InChI is InChI=1S/C12H19NO2/c1-2-11(15)8-13-12(9-14)10-6-4-3-5-7-10/h3-7,11-15H,2,8-9H2,1H3/t11-,12+/m0/s1. The Morgan fingerprint density at radius 2 is 1.93 bits per heavy atom. The molecule has 0 aromatic heterocycles. The van der Waals surface area contributed by atoms with Crippen LogP contribution in [0.3, 0.4) is 0 Å². The van der Waals surface area contributed by atoms with E-state index in [1.165, 1.54) is 0 Å². The number of benzene rings is 1. The zero-order chi connectivity index (χ0) is 11.1. The lowest BCUT2D eigenvalue weighted by Gasteiger charge is -2.18. The first-order chi connectivity index (χ1) is 7.27. The summed E-state index contributed by atoms with van der Waals surface area (Å²) >= 11 is 0. The lowest BCUT2D eigenvalue weighted by molar-refractivity contribution is 0.153. The van der Waals surface area contributed by atoms with Crippen molar-refractivity contribution in [3.8, 4) is 0 Å². The molecule has 0 aliphatic heterocycles. The Hall–Kier alpha value is -0.900. The third-order valence-electron chi connectivity index (χ3n) is 2.46. The molecule has 0 amide bonds. The zero-order valence-electron chi connectivity index (χ0n) is 9.06. The normalized spacial score (nSPS) is 14.9. The van der Waals surface area contributed by atoms with E-state index in [1.54, 1.807) is 0 Å². The van der Waals surface area contributed by atoms with Crippen LogP contribution in [0.4, 0.5) is 0 Å². The molecule has 15 heavy (non-hydrogen) atoms. The molecule has 3 heteroatoms. The van der Waals surface area contributed by atoms with Gasteiger partial charge in [-0.05, 0) is 12.0 Å². The van der Waals surface area contributed by atoms with Gasteiger partial charge in [0.25, 0.3) is 0 Å². The first-order valence-electron chi connectivity index (χ1n) is 5.35. The molecule has 3 N–H and O–H groups in total. The molecule has 1 aromatic carbocycles. The molecule has 0 unspecified atom stereocenters. The van der Waals surface area contributed by atoms with Crippen molar-refractivity contribution < 1.29 is 10.2 Å². The van der Waals surface area contributed by atoms with Crippen LogP contribution < -0.4 is 5.32 Å². The van der Waals surface area contributed by atoms with E-state index in [-0.39, 0.29) is 18.8 Å². The third-order valence-corrected chi connectivity index (χ3v) is 2.46. The fraction of sp³-hybridized carbons (Fsp3) is 0.500. The van der Waals surface area contributed by atoms with Gasteiger partial charge in [-0.1, -0.05) is 37.3 Å². The number of hydrogen-bond donors (Lipinski definition) is 3. The van der Waals surface area contributed by atoms with Crippen molar-refractivity contribution in [2.45, 2.75) is 25.5 Å². The maximum atomic E-state index is 9.41. The second kappa shape index (κ2) is 6.56. The van der Waals surface area contributed by atoms with Gasteiger partial charge in [0.1, 0.15) is 0 Å². The minimum absolute atomic E-state index is 0.0421. The molecule has 0 fully saturated rings. The van der Waals surface area contributed by atoms with Crippen LogP contribution in [0.1, 0.15) is 24.9 Å². The van der Waals surface area contributed by atoms with Gasteiger partial charge in [0.05, 0.1) is 18.8 Å². The van der Waals surface area contributed by atoms with E-state index < -0.39 is 0 Å². The highest BCUT2D eigenvalue weighted by Crippen LogP contribution is 2.11. The van der Waals surface area contributed by atoms with Crippen LogP contribution in [0, 0.1) is 0 Å². The second-order valence-corrected chi connectivity index (χ2v) is 3.62. The molecule has 1 rings (SSSR count). The smallest absolute Gasteiger partial charge is 0.0662 e. The fourth-order valence-electron chi connectivity index (χ4n) is 1.40. The van der Waals surface area contributed by atoms with E-state index in [9.17, 15) is 10.2 Å². The van der Waals surface area contributed by atoms with Crippen LogP contribution in [0.25, 0.3) is 0 Å². The van der Waals surface area contributed by atoms with E-state index >= 15 is 0 Å². The molecule has 1 aromatic rings. The summed E-state index contributed by atoms with van der Waals surface area (Å²) in [4.78, 5) is 0. The molecule has 0 aliphatic rings. The van der Waals surface area contributed by atoms with Crippen molar-refractivity contribution in [2.75, 3.05) is 13.2 Å². The van der Waals surface area contributed by atoms with Crippen LogP contribution in [-0.2, 0) is 0 Å². The topological polar surface area (TPSA) is 52.5 Å². The van der Waals surface area contributed by atoms with Gasteiger partial charge in [0, 0.05) is 6.54 Å². The highest BCUT2D eigenvalue weighted by Gasteiger charge is 2.10. The van der Waals surface area contributed by atoms with Gasteiger partial charge < -0.3 is 15.5 Å². The maximum absolute atomic E-state index is 9.41. The summed E-state index contributed by atoms with van der Waals surface area (Å²) in [7, 11) is 0. The summed E-state index contributed by atoms with van der Waals surface area (Å²) in [5, 5.41) is 21.8. The van der Waals surface area contributed by atoms with E-state index in [1.807, 2.05) is 37.3 Å². The van der Waals surface area contributed by atoms with E-state index in [0.717, 1.165) is 12.0 Å². The minimum atomic E-state index is -0.345. The van der Waals surface area contributed by atoms with Crippen molar-refractivity contribution in [2.24, 2.45) is 0 Å². The van der Waals surface area contributed by atoms with Crippen molar-refractivity contribution in [1.29, 1.82) is 0 Å². The summed E-state index contributed by atoms with van der Waals surface area (Å²) in [5.74, 6) is 0. The molecule has 0 saturated heterocycles. The fourth-order valence-corrected chi connectivity index (χ4v) is 1.40. The van der Waals surface area contributed by atoms with Crippen LogP contribution in [0.2, 0.25) is 0 Å². The van der Waals surface area contributed by atoms with E-state index in [0.29, 0.717) is 6.54 Å². The quantitative estimate of drug-likeness (QED) is 0.657. The molecule has 0 bridgehead atoms. The van der Waals surface area contributed by atoms with Gasteiger partial charge in [0.2, 0.25) is 0 Å². The Morgan fingerprint density at radius 3 is 2.47 bits per heavy atom.